The number of carbonyl (C=O) groups excluding carboxylic acids is 3. The molecule has 36 heavy (non-hydrogen) atoms. The van der Waals surface area contributed by atoms with Gasteiger partial charge in [-0.3, -0.25) is 9.59 Å². The highest BCUT2D eigenvalue weighted by Crippen LogP contribution is 2.41. The minimum absolute atomic E-state index is 0.0952. The lowest BCUT2D eigenvalue weighted by Gasteiger charge is -2.38. The number of hydrogen-bond donors (Lipinski definition) is 0. The topological polar surface area (TPSA) is 82.1 Å². The van der Waals surface area contributed by atoms with E-state index in [1.165, 1.54) is 0 Å². The van der Waals surface area contributed by atoms with Gasteiger partial charge in [0.2, 0.25) is 12.2 Å². The van der Waals surface area contributed by atoms with Crippen molar-refractivity contribution >= 4 is 29.4 Å². The minimum atomic E-state index is -1.06. The molecule has 3 atom stereocenters. The Kier molecular flexibility index (Phi) is 6.87. The number of hydrogen-bond acceptors (Lipinski definition) is 6. The number of carbonyl (C=O) groups is 3. The van der Waals surface area contributed by atoms with Crippen LogP contribution >= 0.6 is 11.6 Å². The molecule has 0 saturated carbocycles. The summed E-state index contributed by atoms with van der Waals surface area (Å²) in [5.74, 6) is -1.31. The maximum atomic E-state index is 13.1. The summed E-state index contributed by atoms with van der Waals surface area (Å²) in [6.07, 6.45) is -3.00. The first kappa shape index (κ1) is 24.2. The monoisotopic (exact) mass is 505 g/mol. The van der Waals surface area contributed by atoms with Gasteiger partial charge in [-0.25, -0.2) is 9.69 Å². The molecule has 2 aliphatic heterocycles. The van der Waals surface area contributed by atoms with Crippen LogP contribution in [0.4, 0.5) is 4.79 Å². The van der Waals surface area contributed by atoms with Gasteiger partial charge in [-0.1, -0.05) is 91.0 Å². The second kappa shape index (κ2) is 10.2. The lowest BCUT2D eigenvalue weighted by atomic mass is 9.80. The Hall–Kier alpha value is -3.52. The van der Waals surface area contributed by atoms with Gasteiger partial charge in [-0.05, 0) is 16.7 Å². The summed E-state index contributed by atoms with van der Waals surface area (Å²) in [7, 11) is 0. The summed E-state index contributed by atoms with van der Waals surface area (Å²) in [4.78, 5) is 38.3. The zero-order chi connectivity index (χ0) is 25.1. The smallest absolute Gasteiger partial charge is 0.417 e. The lowest BCUT2D eigenvalue weighted by Crippen LogP contribution is -2.51. The summed E-state index contributed by atoms with van der Waals surface area (Å²) in [5, 5.41) is 0. The zero-order valence-corrected chi connectivity index (χ0v) is 20.0. The third-order valence-electron chi connectivity index (χ3n) is 6.50. The maximum absolute atomic E-state index is 13.1. The molecule has 2 aliphatic rings. The van der Waals surface area contributed by atoms with Crippen LogP contribution in [0.3, 0.4) is 0 Å². The van der Waals surface area contributed by atoms with Crippen LogP contribution in [-0.2, 0) is 29.4 Å². The average Bonchev–Trinajstić information content (AvgIpc) is 3.24. The number of fused-ring (bicyclic) bond motifs is 1. The third kappa shape index (κ3) is 4.30. The van der Waals surface area contributed by atoms with E-state index < -0.39 is 41.9 Å². The SMILES string of the molecule is O=C1C[C@H]2[C@H](OC(=O)N2C(=O)CCl)O[C@@H]1COC(c1ccccc1)(c1ccccc1)c1ccccc1. The molecule has 0 unspecified atom stereocenters. The van der Waals surface area contributed by atoms with E-state index in [1.807, 2.05) is 91.0 Å². The Morgan fingerprint density at radius 3 is 1.86 bits per heavy atom. The quantitative estimate of drug-likeness (QED) is 0.352. The molecule has 0 bridgehead atoms. The molecule has 2 amide bonds. The molecule has 2 fully saturated rings. The number of Topliss-reactive ketones (excluding diaryl/α,β-unsaturated/α-hetero) is 1. The van der Waals surface area contributed by atoms with Gasteiger partial charge in [0.05, 0.1) is 6.61 Å². The van der Waals surface area contributed by atoms with E-state index >= 15 is 0 Å². The number of benzene rings is 3. The fraction of sp³-hybridized carbons (Fsp3) is 0.250. The first-order valence-electron chi connectivity index (χ1n) is 11.6. The number of imide groups is 1. The molecular formula is C28H24ClNO6. The van der Waals surface area contributed by atoms with Crippen molar-refractivity contribution in [1.82, 2.24) is 4.90 Å². The van der Waals surface area contributed by atoms with Gasteiger partial charge in [0.25, 0.3) is 0 Å². The van der Waals surface area contributed by atoms with Crippen molar-refractivity contribution in [3.05, 3.63) is 108 Å². The number of halogens is 1. The largest absolute Gasteiger partial charge is 0.419 e. The summed E-state index contributed by atoms with van der Waals surface area (Å²) in [6.45, 7) is -0.0955. The van der Waals surface area contributed by atoms with Gasteiger partial charge >= 0.3 is 6.09 Å². The molecule has 3 aromatic rings. The van der Waals surface area contributed by atoms with E-state index in [9.17, 15) is 14.4 Å². The van der Waals surface area contributed by atoms with E-state index in [1.54, 1.807) is 0 Å². The standard InChI is InChI=1S/C28H24ClNO6/c29-17-25(32)30-22-16-23(31)24(35-26(22)36-27(30)33)18-34-28(19-10-4-1-5-11-19,20-12-6-2-7-13-20)21-14-8-3-9-15-21/h1-15,22,24,26H,16-18H2/t22-,24+,26-/m0/s1. The van der Waals surface area contributed by atoms with Crippen LogP contribution in [0.15, 0.2) is 91.0 Å². The first-order chi connectivity index (χ1) is 17.5. The molecule has 8 heteroatoms. The van der Waals surface area contributed by atoms with Crippen molar-refractivity contribution < 1.29 is 28.6 Å². The van der Waals surface area contributed by atoms with E-state index in [-0.39, 0.29) is 18.8 Å². The highest BCUT2D eigenvalue weighted by molar-refractivity contribution is 6.28. The van der Waals surface area contributed by atoms with Crippen LogP contribution < -0.4 is 0 Å². The van der Waals surface area contributed by atoms with Crippen molar-refractivity contribution in [3.8, 4) is 0 Å². The second-order valence-corrected chi connectivity index (χ2v) is 8.87. The molecular weight excluding hydrogens is 482 g/mol. The van der Waals surface area contributed by atoms with Crippen LogP contribution in [0.1, 0.15) is 23.1 Å². The minimum Gasteiger partial charge on any atom is -0.417 e. The Labute approximate surface area is 213 Å². The number of alkyl halides is 1. The Balaban J connectivity index is 1.48. The lowest BCUT2D eigenvalue weighted by molar-refractivity contribution is -0.188. The van der Waals surface area contributed by atoms with Crippen molar-refractivity contribution in [1.29, 1.82) is 0 Å². The van der Waals surface area contributed by atoms with Gasteiger partial charge in [0.1, 0.15) is 23.6 Å². The number of ketones is 1. The summed E-state index contributed by atoms with van der Waals surface area (Å²) >= 11 is 5.62. The van der Waals surface area contributed by atoms with E-state index in [4.69, 9.17) is 25.8 Å². The normalized spacial score (nSPS) is 21.7. The number of nitrogens with zero attached hydrogens (tertiary/aromatic N) is 1. The predicted octanol–water partition coefficient (Wildman–Crippen LogP) is 4.27. The Morgan fingerprint density at radius 1 is 0.889 bits per heavy atom. The number of rotatable bonds is 7. The highest BCUT2D eigenvalue weighted by atomic mass is 35.5. The van der Waals surface area contributed by atoms with Gasteiger partial charge < -0.3 is 14.2 Å². The van der Waals surface area contributed by atoms with Gasteiger partial charge in [-0.15, -0.1) is 11.6 Å². The Bertz CT molecular complexity index is 1140. The van der Waals surface area contributed by atoms with Crippen LogP contribution in [-0.4, -0.2) is 53.6 Å². The fourth-order valence-electron chi connectivity index (χ4n) is 4.83. The van der Waals surface area contributed by atoms with E-state index in [0.29, 0.717) is 0 Å². The number of amides is 2. The molecule has 7 nitrogen and oxygen atoms in total. The second-order valence-electron chi connectivity index (χ2n) is 8.60. The number of ether oxygens (including phenoxy) is 3. The molecule has 3 aromatic carbocycles. The van der Waals surface area contributed by atoms with Crippen molar-refractivity contribution in [2.45, 2.75) is 30.5 Å². The molecule has 0 aromatic heterocycles. The molecule has 184 valence electrons. The molecule has 0 N–H and O–H groups in total. The van der Waals surface area contributed by atoms with Gasteiger partial charge in [-0.2, -0.15) is 0 Å². The van der Waals surface area contributed by atoms with Crippen molar-refractivity contribution in [2.24, 2.45) is 0 Å². The van der Waals surface area contributed by atoms with Gasteiger partial charge in [0, 0.05) is 6.42 Å². The van der Waals surface area contributed by atoms with Crippen LogP contribution in [0, 0.1) is 0 Å². The molecule has 0 radical (unpaired) electrons. The van der Waals surface area contributed by atoms with Crippen LogP contribution in [0.5, 0.6) is 0 Å². The van der Waals surface area contributed by atoms with Crippen molar-refractivity contribution in [2.75, 3.05) is 12.5 Å². The molecule has 2 heterocycles. The van der Waals surface area contributed by atoms with E-state index in [2.05, 4.69) is 0 Å². The van der Waals surface area contributed by atoms with Crippen molar-refractivity contribution in [3.63, 3.8) is 0 Å². The fourth-order valence-corrected chi connectivity index (χ4v) is 4.95. The molecule has 0 spiro atoms. The van der Waals surface area contributed by atoms with Crippen LogP contribution in [0.25, 0.3) is 0 Å². The zero-order valence-electron chi connectivity index (χ0n) is 19.3. The van der Waals surface area contributed by atoms with E-state index in [0.717, 1.165) is 21.6 Å². The third-order valence-corrected chi connectivity index (χ3v) is 6.73. The predicted molar refractivity (Wildman–Crippen MR) is 131 cm³/mol. The summed E-state index contributed by atoms with van der Waals surface area (Å²) in [5.41, 5.74) is 1.62. The molecule has 0 aliphatic carbocycles. The maximum Gasteiger partial charge on any atom is 0.419 e. The summed E-state index contributed by atoms with van der Waals surface area (Å²) < 4.78 is 17.8. The molecule has 2 saturated heterocycles. The highest BCUT2D eigenvalue weighted by Gasteiger charge is 2.52. The summed E-state index contributed by atoms with van der Waals surface area (Å²) in [6, 6.07) is 28.5. The first-order valence-corrected chi connectivity index (χ1v) is 12.2. The van der Waals surface area contributed by atoms with Gasteiger partial charge in [0.15, 0.2) is 5.78 Å². The van der Waals surface area contributed by atoms with Crippen LogP contribution in [0.2, 0.25) is 0 Å². The molecule has 5 rings (SSSR count). The Morgan fingerprint density at radius 2 is 1.39 bits per heavy atom. The average molecular weight is 506 g/mol.